The van der Waals surface area contributed by atoms with Crippen molar-refractivity contribution in [2.45, 2.75) is 50.7 Å². The minimum Gasteiger partial charge on any atom is -0.364 e. The third kappa shape index (κ3) is 3.66. The molecule has 1 amide bonds. The quantitative estimate of drug-likeness (QED) is 0.426. The van der Waals surface area contributed by atoms with Gasteiger partial charge in [0, 0.05) is 6.54 Å². The predicted octanol–water partition coefficient (Wildman–Crippen LogP) is 0.400. The number of hydrogen-bond donors (Lipinski definition) is 2. The lowest BCUT2D eigenvalue weighted by Crippen LogP contribution is -2.40. The number of amides is 1. The van der Waals surface area contributed by atoms with Crippen molar-refractivity contribution in [3.63, 3.8) is 0 Å². The van der Waals surface area contributed by atoms with Gasteiger partial charge in [0.15, 0.2) is 0 Å². The highest BCUT2D eigenvalue weighted by Crippen LogP contribution is 2.21. The van der Waals surface area contributed by atoms with Crippen LogP contribution in [0, 0.1) is 0 Å². The Morgan fingerprint density at radius 1 is 1.24 bits per heavy atom. The minimum atomic E-state index is -0.336. The number of ether oxygens (including phenoxy) is 1. The maximum absolute atomic E-state index is 11.3. The maximum atomic E-state index is 11.3. The Hall–Kier alpha value is -0.650. The zero-order chi connectivity index (χ0) is 12.1. The number of hydrazine groups is 1. The smallest absolute Gasteiger partial charge is 0.263 e. The molecule has 3 N–H and O–H groups in total. The third-order valence-corrected chi connectivity index (χ3v) is 3.70. The molecule has 0 aromatic heterocycles. The molecule has 5 nitrogen and oxygen atoms in total. The molecule has 2 saturated heterocycles. The van der Waals surface area contributed by atoms with Crippen molar-refractivity contribution in [1.29, 1.82) is 0 Å². The zero-order valence-corrected chi connectivity index (χ0v) is 10.4. The van der Waals surface area contributed by atoms with E-state index >= 15 is 0 Å². The average molecular weight is 241 g/mol. The Kier molecular flexibility index (Phi) is 4.76. The van der Waals surface area contributed by atoms with Gasteiger partial charge in [0.2, 0.25) is 0 Å². The summed E-state index contributed by atoms with van der Waals surface area (Å²) in [5.74, 6) is 4.92. The van der Waals surface area contributed by atoms with Crippen LogP contribution in [0.3, 0.4) is 0 Å². The van der Waals surface area contributed by atoms with Crippen LogP contribution in [-0.2, 0) is 9.53 Å². The van der Waals surface area contributed by atoms with Crippen molar-refractivity contribution >= 4 is 5.91 Å². The van der Waals surface area contributed by atoms with Crippen LogP contribution in [0.1, 0.15) is 38.5 Å². The second-order valence-electron chi connectivity index (χ2n) is 5.05. The van der Waals surface area contributed by atoms with Gasteiger partial charge in [-0.25, -0.2) is 5.84 Å². The Morgan fingerprint density at radius 2 is 1.94 bits per heavy atom. The molecule has 0 aliphatic carbocycles. The lowest BCUT2D eigenvalue weighted by molar-refractivity contribution is -0.132. The van der Waals surface area contributed by atoms with E-state index in [0.717, 1.165) is 19.4 Å². The third-order valence-electron chi connectivity index (χ3n) is 3.70. The van der Waals surface area contributed by atoms with E-state index in [4.69, 9.17) is 10.6 Å². The molecule has 2 rings (SSSR count). The molecular weight excluding hydrogens is 218 g/mol. The summed E-state index contributed by atoms with van der Waals surface area (Å²) in [5.41, 5.74) is 2.16. The van der Waals surface area contributed by atoms with E-state index in [0.29, 0.717) is 0 Å². The van der Waals surface area contributed by atoms with E-state index in [9.17, 15) is 4.79 Å². The van der Waals surface area contributed by atoms with E-state index in [2.05, 4.69) is 10.3 Å². The van der Waals surface area contributed by atoms with Crippen molar-refractivity contribution in [3.8, 4) is 0 Å². The first-order chi connectivity index (χ1) is 8.29. The van der Waals surface area contributed by atoms with Gasteiger partial charge in [0.1, 0.15) is 6.10 Å². The van der Waals surface area contributed by atoms with Crippen LogP contribution in [0.15, 0.2) is 0 Å². The van der Waals surface area contributed by atoms with Crippen LogP contribution < -0.4 is 11.3 Å². The van der Waals surface area contributed by atoms with Gasteiger partial charge in [-0.2, -0.15) is 0 Å². The van der Waals surface area contributed by atoms with E-state index < -0.39 is 0 Å². The van der Waals surface area contributed by atoms with Gasteiger partial charge >= 0.3 is 0 Å². The van der Waals surface area contributed by atoms with Crippen molar-refractivity contribution in [2.24, 2.45) is 5.84 Å². The molecule has 0 bridgehead atoms. The molecule has 0 spiro atoms. The summed E-state index contributed by atoms with van der Waals surface area (Å²) in [4.78, 5) is 13.8. The van der Waals surface area contributed by atoms with Gasteiger partial charge in [0.05, 0.1) is 6.10 Å². The van der Waals surface area contributed by atoms with Gasteiger partial charge in [-0.1, -0.05) is 12.8 Å². The molecule has 17 heavy (non-hydrogen) atoms. The number of nitrogens with one attached hydrogen (secondary N) is 1. The molecule has 2 aliphatic rings. The largest absolute Gasteiger partial charge is 0.364 e. The number of rotatable bonds is 3. The summed E-state index contributed by atoms with van der Waals surface area (Å²) in [6.45, 7) is 3.32. The number of nitrogens with two attached hydrogens (primary N) is 1. The monoisotopic (exact) mass is 241 g/mol. The molecule has 0 radical (unpaired) electrons. The lowest BCUT2D eigenvalue weighted by Gasteiger charge is -2.23. The van der Waals surface area contributed by atoms with Gasteiger partial charge in [-0.3, -0.25) is 10.2 Å². The number of carbonyl (C=O) groups excluding carboxylic acids is 1. The average Bonchev–Trinajstić information content (AvgIpc) is 2.65. The number of hydrogen-bond acceptors (Lipinski definition) is 4. The fourth-order valence-electron chi connectivity index (χ4n) is 2.73. The van der Waals surface area contributed by atoms with Crippen LogP contribution in [0.5, 0.6) is 0 Å². The lowest BCUT2D eigenvalue weighted by atomic mass is 10.2. The predicted molar refractivity (Wildman–Crippen MR) is 65.1 cm³/mol. The van der Waals surface area contributed by atoms with E-state index in [1.165, 1.54) is 38.8 Å². The fourth-order valence-corrected chi connectivity index (χ4v) is 2.73. The Morgan fingerprint density at radius 3 is 2.59 bits per heavy atom. The highest BCUT2D eigenvalue weighted by atomic mass is 16.5. The summed E-state index contributed by atoms with van der Waals surface area (Å²) in [5, 5.41) is 0. The van der Waals surface area contributed by atoms with Crippen LogP contribution >= 0.6 is 0 Å². The molecule has 2 unspecified atom stereocenters. The van der Waals surface area contributed by atoms with E-state index in [1.54, 1.807) is 0 Å². The summed E-state index contributed by atoms with van der Waals surface area (Å²) >= 11 is 0. The van der Waals surface area contributed by atoms with Gasteiger partial charge in [-0.15, -0.1) is 0 Å². The second kappa shape index (κ2) is 6.33. The second-order valence-corrected chi connectivity index (χ2v) is 5.05. The Balaban J connectivity index is 1.74. The van der Waals surface area contributed by atoms with Gasteiger partial charge < -0.3 is 9.64 Å². The minimum absolute atomic E-state index is 0.191. The molecule has 2 atom stereocenters. The molecule has 2 aliphatic heterocycles. The first kappa shape index (κ1) is 12.8. The highest BCUT2D eigenvalue weighted by molar-refractivity contribution is 5.80. The van der Waals surface area contributed by atoms with Crippen molar-refractivity contribution in [3.05, 3.63) is 0 Å². The zero-order valence-electron chi connectivity index (χ0n) is 10.4. The van der Waals surface area contributed by atoms with E-state index in [1.807, 2.05) is 0 Å². The van der Waals surface area contributed by atoms with Crippen LogP contribution in [0.2, 0.25) is 0 Å². The van der Waals surface area contributed by atoms with Crippen molar-refractivity contribution in [1.82, 2.24) is 10.3 Å². The molecule has 2 fully saturated rings. The van der Waals surface area contributed by atoms with Crippen molar-refractivity contribution < 1.29 is 9.53 Å². The van der Waals surface area contributed by atoms with Crippen molar-refractivity contribution in [2.75, 3.05) is 19.6 Å². The standard InChI is InChI=1S/C12H23N3O2/c13-14-12(16)11-6-5-10(17-11)9-15-7-3-1-2-4-8-15/h10-11H,1-9,13H2,(H,14,16). The number of carbonyl (C=O) groups is 1. The number of nitrogens with zero attached hydrogens (tertiary/aromatic N) is 1. The molecule has 5 heteroatoms. The Bertz CT molecular complexity index is 252. The van der Waals surface area contributed by atoms with Crippen LogP contribution in [-0.4, -0.2) is 42.6 Å². The fraction of sp³-hybridized carbons (Fsp3) is 0.917. The normalized spacial score (nSPS) is 31.1. The summed E-state index contributed by atoms with van der Waals surface area (Å²) in [6.07, 6.45) is 6.91. The molecule has 0 aromatic carbocycles. The van der Waals surface area contributed by atoms with Gasteiger partial charge in [0.25, 0.3) is 5.91 Å². The summed E-state index contributed by atoms with van der Waals surface area (Å²) in [6, 6.07) is 0. The van der Waals surface area contributed by atoms with E-state index in [-0.39, 0.29) is 18.1 Å². The summed E-state index contributed by atoms with van der Waals surface area (Å²) < 4.78 is 5.72. The first-order valence-corrected chi connectivity index (χ1v) is 6.68. The molecule has 0 aromatic rings. The first-order valence-electron chi connectivity index (χ1n) is 6.68. The molecule has 2 heterocycles. The summed E-state index contributed by atoms with van der Waals surface area (Å²) in [7, 11) is 0. The topological polar surface area (TPSA) is 67.6 Å². The molecule has 0 saturated carbocycles. The number of likely N-dealkylation sites (tertiary alicyclic amines) is 1. The molecule has 98 valence electrons. The van der Waals surface area contributed by atoms with Crippen LogP contribution in [0.4, 0.5) is 0 Å². The van der Waals surface area contributed by atoms with Gasteiger partial charge in [-0.05, 0) is 38.8 Å². The SMILES string of the molecule is NNC(=O)C1CCC(CN2CCCCCC2)O1. The molecular formula is C12H23N3O2. The Labute approximate surface area is 103 Å². The maximum Gasteiger partial charge on any atom is 0.263 e. The van der Waals surface area contributed by atoms with Crippen LogP contribution in [0.25, 0.3) is 0 Å². The highest BCUT2D eigenvalue weighted by Gasteiger charge is 2.31.